The van der Waals surface area contributed by atoms with Crippen molar-refractivity contribution in [1.29, 1.82) is 0 Å². The van der Waals surface area contributed by atoms with E-state index in [9.17, 15) is 14.9 Å². The number of ether oxygens (including phenoxy) is 1. The molecule has 0 aromatic heterocycles. The van der Waals surface area contributed by atoms with E-state index >= 15 is 0 Å². The fourth-order valence-electron chi connectivity index (χ4n) is 1.64. The van der Waals surface area contributed by atoms with Crippen molar-refractivity contribution in [3.05, 3.63) is 33.9 Å². The Morgan fingerprint density at radius 1 is 1.33 bits per heavy atom. The molecule has 2 N–H and O–H groups in total. The first kappa shape index (κ1) is 19.1. The van der Waals surface area contributed by atoms with Crippen molar-refractivity contribution in [2.45, 2.75) is 13.3 Å². The van der Waals surface area contributed by atoms with Gasteiger partial charge in [0.2, 0.25) is 0 Å². The van der Waals surface area contributed by atoms with Crippen molar-refractivity contribution in [3.63, 3.8) is 0 Å². The van der Waals surface area contributed by atoms with Crippen LogP contribution in [0.4, 0.5) is 5.69 Å². The Kier molecular flexibility index (Phi) is 9.07. The first-order chi connectivity index (χ1) is 9.60. The summed E-state index contributed by atoms with van der Waals surface area (Å²) < 4.78 is 4.92. The first-order valence-electron chi connectivity index (χ1n) is 6.41. The molecule has 118 valence electrons. The number of benzene rings is 1. The van der Waals surface area contributed by atoms with E-state index in [1.807, 2.05) is 0 Å². The van der Waals surface area contributed by atoms with Crippen LogP contribution in [-0.2, 0) is 0 Å². The number of carbonyl (C=O) groups is 1. The highest BCUT2D eigenvalue weighted by atomic mass is 35.5. The number of halogens is 1. The highest BCUT2D eigenvalue weighted by Gasteiger charge is 2.17. The Hall–Kier alpha value is -1.86. The Bertz CT molecular complexity index is 482. The van der Waals surface area contributed by atoms with Gasteiger partial charge in [0.15, 0.2) is 5.75 Å². The van der Waals surface area contributed by atoms with Crippen LogP contribution in [0.15, 0.2) is 18.2 Å². The normalized spacial score (nSPS) is 9.62. The molecule has 21 heavy (non-hydrogen) atoms. The number of nitrogens with zero attached hydrogens (tertiary/aromatic N) is 1. The van der Waals surface area contributed by atoms with Gasteiger partial charge < -0.3 is 15.4 Å². The smallest absolute Gasteiger partial charge is 0.310 e. The highest BCUT2D eigenvalue weighted by Crippen LogP contribution is 2.27. The summed E-state index contributed by atoms with van der Waals surface area (Å²) in [6.45, 7) is 4.15. The Balaban J connectivity index is 0.00000400. The average molecular weight is 318 g/mol. The van der Waals surface area contributed by atoms with E-state index in [1.165, 1.54) is 25.3 Å². The zero-order chi connectivity index (χ0) is 15.0. The lowest BCUT2D eigenvalue weighted by Gasteiger charge is -2.07. The quantitative estimate of drug-likeness (QED) is 0.433. The number of nitrogens with one attached hydrogen (secondary N) is 2. The maximum absolute atomic E-state index is 11.9. The van der Waals surface area contributed by atoms with Crippen molar-refractivity contribution in [2.24, 2.45) is 0 Å². The van der Waals surface area contributed by atoms with Crippen molar-refractivity contribution in [3.8, 4) is 5.75 Å². The minimum Gasteiger partial charge on any atom is -0.490 e. The molecular formula is C13H20ClN3O4. The summed E-state index contributed by atoms with van der Waals surface area (Å²) in [5, 5.41) is 16.6. The van der Waals surface area contributed by atoms with E-state index in [1.54, 1.807) is 0 Å². The summed E-state index contributed by atoms with van der Waals surface area (Å²) in [6, 6.07) is 4.05. The van der Waals surface area contributed by atoms with E-state index in [4.69, 9.17) is 4.74 Å². The molecule has 0 radical (unpaired) electrons. The Morgan fingerprint density at radius 2 is 2.05 bits per heavy atom. The molecule has 0 aliphatic carbocycles. The van der Waals surface area contributed by atoms with Crippen LogP contribution in [0, 0.1) is 10.1 Å². The van der Waals surface area contributed by atoms with Crippen LogP contribution >= 0.6 is 12.4 Å². The zero-order valence-corrected chi connectivity index (χ0v) is 12.9. The summed E-state index contributed by atoms with van der Waals surface area (Å²) in [6.07, 6.45) is 1.04. The number of nitro groups is 1. The predicted octanol–water partition coefficient (Wildman–Crippen LogP) is 1.75. The third kappa shape index (κ3) is 5.97. The van der Waals surface area contributed by atoms with Gasteiger partial charge in [-0.3, -0.25) is 14.9 Å². The molecule has 0 fully saturated rings. The van der Waals surface area contributed by atoms with Gasteiger partial charge in [0.1, 0.15) is 0 Å². The lowest BCUT2D eigenvalue weighted by molar-refractivity contribution is -0.385. The molecule has 0 aliphatic heterocycles. The number of methoxy groups -OCH3 is 1. The monoisotopic (exact) mass is 317 g/mol. The van der Waals surface area contributed by atoms with Crippen LogP contribution in [0.25, 0.3) is 0 Å². The zero-order valence-electron chi connectivity index (χ0n) is 12.0. The number of hydrogen-bond acceptors (Lipinski definition) is 5. The second kappa shape index (κ2) is 9.95. The van der Waals surface area contributed by atoms with Gasteiger partial charge in [0.25, 0.3) is 5.91 Å². The van der Waals surface area contributed by atoms with Crippen LogP contribution in [0.1, 0.15) is 23.7 Å². The van der Waals surface area contributed by atoms with E-state index in [-0.39, 0.29) is 29.8 Å². The number of carbonyl (C=O) groups excluding carboxylic acids is 1. The SMILES string of the molecule is CCCNCCNC(=O)c1ccc([N+](=O)[O-])c(OC)c1.Cl. The molecule has 1 amide bonds. The molecule has 0 saturated heterocycles. The minimum atomic E-state index is -0.546. The summed E-state index contributed by atoms with van der Waals surface area (Å²) in [5.41, 5.74) is 0.177. The third-order valence-corrected chi connectivity index (χ3v) is 2.65. The summed E-state index contributed by atoms with van der Waals surface area (Å²) >= 11 is 0. The highest BCUT2D eigenvalue weighted by molar-refractivity contribution is 5.95. The molecule has 7 nitrogen and oxygen atoms in total. The van der Waals surface area contributed by atoms with Crippen LogP contribution < -0.4 is 15.4 Å². The van der Waals surface area contributed by atoms with Gasteiger partial charge in [-0.1, -0.05) is 6.92 Å². The number of hydrogen-bond donors (Lipinski definition) is 2. The largest absolute Gasteiger partial charge is 0.490 e. The summed E-state index contributed by atoms with van der Waals surface area (Å²) in [7, 11) is 1.33. The van der Waals surface area contributed by atoms with Gasteiger partial charge in [0, 0.05) is 30.8 Å². The lowest BCUT2D eigenvalue weighted by atomic mass is 10.1. The molecule has 0 bridgehead atoms. The second-order valence-electron chi connectivity index (χ2n) is 4.15. The van der Waals surface area contributed by atoms with E-state index in [0.29, 0.717) is 18.7 Å². The number of rotatable bonds is 8. The Morgan fingerprint density at radius 3 is 2.62 bits per heavy atom. The number of amides is 1. The molecule has 0 saturated carbocycles. The Labute approximate surface area is 129 Å². The lowest BCUT2D eigenvalue weighted by Crippen LogP contribution is -2.32. The molecule has 0 unspecified atom stereocenters. The van der Waals surface area contributed by atoms with Crippen molar-refractivity contribution < 1.29 is 14.5 Å². The molecule has 1 aromatic rings. The molecule has 1 aromatic carbocycles. The maximum Gasteiger partial charge on any atom is 0.310 e. The molecule has 1 rings (SSSR count). The van der Waals surface area contributed by atoms with Gasteiger partial charge in [-0.15, -0.1) is 12.4 Å². The van der Waals surface area contributed by atoms with E-state index in [2.05, 4.69) is 17.6 Å². The average Bonchev–Trinajstić information content (AvgIpc) is 2.45. The summed E-state index contributed by atoms with van der Waals surface area (Å²) in [5.74, 6) is -0.205. The minimum absolute atomic E-state index is 0. The standard InChI is InChI=1S/C13H19N3O4.ClH/c1-3-6-14-7-8-15-13(17)10-4-5-11(16(18)19)12(9-10)20-2;/h4-5,9,14H,3,6-8H2,1-2H3,(H,15,17);1H. The van der Waals surface area contributed by atoms with Gasteiger partial charge in [-0.05, 0) is 19.0 Å². The molecule has 0 atom stereocenters. The molecule has 0 heterocycles. The van der Waals surface area contributed by atoms with Crippen LogP contribution in [0.5, 0.6) is 5.75 Å². The molecular weight excluding hydrogens is 298 g/mol. The van der Waals surface area contributed by atoms with Crippen LogP contribution in [0.2, 0.25) is 0 Å². The van der Waals surface area contributed by atoms with Gasteiger partial charge >= 0.3 is 5.69 Å². The van der Waals surface area contributed by atoms with Crippen LogP contribution in [-0.4, -0.2) is 37.6 Å². The van der Waals surface area contributed by atoms with Gasteiger partial charge in [0.05, 0.1) is 12.0 Å². The predicted molar refractivity (Wildman–Crippen MR) is 82.4 cm³/mol. The topological polar surface area (TPSA) is 93.5 Å². The molecule has 8 heteroatoms. The molecule has 0 aliphatic rings. The maximum atomic E-state index is 11.9. The van der Waals surface area contributed by atoms with Gasteiger partial charge in [-0.25, -0.2) is 0 Å². The van der Waals surface area contributed by atoms with Gasteiger partial charge in [-0.2, -0.15) is 0 Å². The van der Waals surface area contributed by atoms with E-state index < -0.39 is 4.92 Å². The summed E-state index contributed by atoms with van der Waals surface area (Å²) in [4.78, 5) is 22.1. The molecule has 0 spiro atoms. The van der Waals surface area contributed by atoms with Crippen LogP contribution in [0.3, 0.4) is 0 Å². The fourth-order valence-corrected chi connectivity index (χ4v) is 1.64. The fraction of sp³-hybridized carbons (Fsp3) is 0.462. The second-order valence-corrected chi connectivity index (χ2v) is 4.15. The first-order valence-corrected chi connectivity index (χ1v) is 6.41. The number of nitro benzene ring substituents is 1. The van der Waals surface area contributed by atoms with Crippen molar-refractivity contribution in [1.82, 2.24) is 10.6 Å². The van der Waals surface area contributed by atoms with Crippen molar-refractivity contribution >= 4 is 24.0 Å². The third-order valence-electron chi connectivity index (χ3n) is 2.65. The van der Waals surface area contributed by atoms with E-state index in [0.717, 1.165) is 13.0 Å². The van der Waals surface area contributed by atoms with Crippen molar-refractivity contribution in [2.75, 3.05) is 26.7 Å².